The Hall–Kier alpha value is -1.00. The monoisotopic (exact) mass is 213 g/mol. The molecule has 0 amide bonds. The Morgan fingerprint density at radius 2 is 2.07 bits per heavy atom. The first-order chi connectivity index (χ1) is 7.08. The van der Waals surface area contributed by atoms with Crippen LogP contribution in [0.25, 0.3) is 0 Å². The van der Waals surface area contributed by atoms with Crippen LogP contribution < -0.4 is 5.73 Å². The van der Waals surface area contributed by atoms with Gasteiger partial charge in [-0.1, -0.05) is 6.07 Å². The molecule has 1 aromatic rings. The Labute approximate surface area is 87.0 Å². The fourth-order valence-electron chi connectivity index (χ4n) is 1.70. The number of methoxy groups -OCH3 is 1. The minimum atomic E-state index is -0.794. The first kappa shape index (κ1) is 10.5. The zero-order valence-electron chi connectivity index (χ0n) is 8.52. The number of hydrogen-bond acceptors (Lipinski definition) is 2. The van der Waals surface area contributed by atoms with Gasteiger partial charge in [0.15, 0.2) is 0 Å². The lowest BCUT2D eigenvalue weighted by Gasteiger charge is -2.14. The van der Waals surface area contributed by atoms with E-state index in [0.29, 0.717) is 18.4 Å². The van der Waals surface area contributed by atoms with Gasteiger partial charge in [-0.2, -0.15) is 0 Å². The van der Waals surface area contributed by atoms with Gasteiger partial charge in [-0.25, -0.2) is 8.78 Å². The van der Waals surface area contributed by atoms with E-state index in [2.05, 4.69) is 0 Å². The van der Waals surface area contributed by atoms with Crippen molar-refractivity contribution in [2.45, 2.75) is 25.0 Å². The molecule has 0 saturated heterocycles. The van der Waals surface area contributed by atoms with E-state index < -0.39 is 17.2 Å². The molecule has 1 aliphatic rings. The molecule has 15 heavy (non-hydrogen) atoms. The van der Waals surface area contributed by atoms with Crippen molar-refractivity contribution < 1.29 is 13.5 Å². The van der Waals surface area contributed by atoms with Crippen LogP contribution in [-0.2, 0) is 16.9 Å². The summed E-state index contributed by atoms with van der Waals surface area (Å²) in [5.74, 6) is -1.12. The average molecular weight is 213 g/mol. The number of hydrogen-bond donors (Lipinski definition) is 1. The zero-order chi connectivity index (χ0) is 11.1. The highest BCUT2D eigenvalue weighted by Gasteiger charge is 2.44. The Balaban J connectivity index is 2.47. The van der Waals surface area contributed by atoms with Crippen LogP contribution in [0.2, 0.25) is 0 Å². The third-order valence-electron chi connectivity index (χ3n) is 2.76. The van der Waals surface area contributed by atoms with E-state index in [1.165, 1.54) is 19.2 Å². The largest absolute Gasteiger partial charge is 0.380 e. The minimum Gasteiger partial charge on any atom is -0.380 e. The van der Waals surface area contributed by atoms with Gasteiger partial charge in [0, 0.05) is 23.8 Å². The lowest BCUT2D eigenvalue weighted by Crippen LogP contribution is -2.23. The van der Waals surface area contributed by atoms with Crippen LogP contribution in [0.4, 0.5) is 8.78 Å². The van der Waals surface area contributed by atoms with Crippen molar-refractivity contribution in [1.82, 2.24) is 0 Å². The lowest BCUT2D eigenvalue weighted by atomic mass is 10.0. The summed E-state index contributed by atoms with van der Waals surface area (Å²) in [5, 5.41) is 0. The predicted octanol–water partition coefficient (Wildman–Crippen LogP) is 2.06. The quantitative estimate of drug-likeness (QED) is 0.834. The number of benzene rings is 1. The summed E-state index contributed by atoms with van der Waals surface area (Å²) < 4.78 is 32.1. The first-order valence-corrected chi connectivity index (χ1v) is 4.83. The maximum Gasteiger partial charge on any atom is 0.136 e. The van der Waals surface area contributed by atoms with E-state index in [4.69, 9.17) is 10.5 Å². The second-order valence-electron chi connectivity index (χ2n) is 3.98. The van der Waals surface area contributed by atoms with Gasteiger partial charge in [0.2, 0.25) is 0 Å². The lowest BCUT2D eigenvalue weighted by molar-refractivity contribution is 0.181. The summed E-state index contributed by atoms with van der Waals surface area (Å²) in [4.78, 5) is 0. The third-order valence-corrected chi connectivity index (χ3v) is 2.76. The standard InChI is InChI=1S/C11H13F2NO/c1-15-6-7-2-3-8(12)9(10(7)13)11(14)4-5-11/h2-3H,4-6,14H2,1H3. The molecular weight excluding hydrogens is 200 g/mol. The van der Waals surface area contributed by atoms with E-state index >= 15 is 0 Å². The maximum atomic E-state index is 13.9. The molecule has 0 spiro atoms. The van der Waals surface area contributed by atoms with Gasteiger partial charge in [0.1, 0.15) is 11.6 Å². The van der Waals surface area contributed by atoms with Gasteiger partial charge in [0.25, 0.3) is 0 Å². The van der Waals surface area contributed by atoms with Crippen LogP contribution in [0.5, 0.6) is 0 Å². The zero-order valence-corrected chi connectivity index (χ0v) is 8.52. The highest BCUT2D eigenvalue weighted by atomic mass is 19.1. The Bertz CT molecular complexity index is 388. The highest BCUT2D eigenvalue weighted by Crippen LogP contribution is 2.45. The second-order valence-corrected chi connectivity index (χ2v) is 3.98. The average Bonchev–Trinajstić information content (AvgIpc) is 2.90. The van der Waals surface area contributed by atoms with Crippen molar-refractivity contribution in [1.29, 1.82) is 0 Å². The molecule has 0 unspecified atom stereocenters. The van der Waals surface area contributed by atoms with Crippen molar-refractivity contribution in [3.05, 3.63) is 34.9 Å². The Morgan fingerprint density at radius 3 is 2.60 bits per heavy atom. The van der Waals surface area contributed by atoms with Gasteiger partial charge in [-0.3, -0.25) is 0 Å². The summed E-state index contributed by atoms with van der Waals surface area (Å²) >= 11 is 0. The predicted molar refractivity (Wildman–Crippen MR) is 52.2 cm³/mol. The van der Waals surface area contributed by atoms with E-state index in [1.54, 1.807) is 0 Å². The molecule has 1 fully saturated rings. The molecule has 2 rings (SSSR count). The van der Waals surface area contributed by atoms with E-state index in [1.807, 2.05) is 0 Å². The van der Waals surface area contributed by atoms with Gasteiger partial charge >= 0.3 is 0 Å². The van der Waals surface area contributed by atoms with Gasteiger partial charge in [-0.15, -0.1) is 0 Å². The fourth-order valence-corrected chi connectivity index (χ4v) is 1.70. The van der Waals surface area contributed by atoms with Crippen molar-refractivity contribution in [3.63, 3.8) is 0 Å². The van der Waals surface area contributed by atoms with Crippen LogP contribution in [0.15, 0.2) is 12.1 Å². The molecule has 4 heteroatoms. The molecule has 0 bridgehead atoms. The molecular formula is C11H13F2NO. The molecule has 1 aromatic carbocycles. The van der Waals surface area contributed by atoms with Crippen LogP contribution in [0.3, 0.4) is 0 Å². The third kappa shape index (κ3) is 1.75. The minimum absolute atomic E-state index is 0.0112. The highest BCUT2D eigenvalue weighted by molar-refractivity contribution is 5.36. The number of rotatable bonds is 3. The van der Waals surface area contributed by atoms with E-state index in [0.717, 1.165) is 0 Å². The van der Waals surface area contributed by atoms with Crippen LogP contribution in [-0.4, -0.2) is 7.11 Å². The SMILES string of the molecule is COCc1ccc(F)c(C2(N)CC2)c1F. The van der Waals surface area contributed by atoms with Crippen LogP contribution in [0.1, 0.15) is 24.0 Å². The molecule has 0 atom stereocenters. The maximum absolute atomic E-state index is 13.9. The van der Waals surface area contributed by atoms with E-state index in [9.17, 15) is 8.78 Å². The summed E-state index contributed by atoms with van der Waals surface area (Å²) in [6, 6.07) is 2.64. The van der Waals surface area contributed by atoms with Gasteiger partial charge in [0.05, 0.1) is 6.61 Å². The summed E-state index contributed by atoms with van der Waals surface area (Å²) in [6.07, 6.45) is 1.27. The van der Waals surface area contributed by atoms with E-state index in [-0.39, 0.29) is 12.2 Å². The number of ether oxygens (including phenoxy) is 1. The molecule has 0 aliphatic heterocycles. The molecule has 0 radical (unpaired) electrons. The van der Waals surface area contributed by atoms with Crippen molar-refractivity contribution in [2.24, 2.45) is 5.73 Å². The van der Waals surface area contributed by atoms with Crippen molar-refractivity contribution in [2.75, 3.05) is 7.11 Å². The van der Waals surface area contributed by atoms with Gasteiger partial charge in [-0.05, 0) is 18.9 Å². The molecule has 2 nitrogen and oxygen atoms in total. The normalized spacial score (nSPS) is 17.9. The van der Waals surface area contributed by atoms with Crippen LogP contribution >= 0.6 is 0 Å². The Morgan fingerprint density at radius 1 is 1.40 bits per heavy atom. The number of halogens is 2. The molecule has 1 saturated carbocycles. The number of nitrogens with two attached hydrogens (primary N) is 1. The second kappa shape index (κ2) is 3.54. The molecule has 1 aliphatic carbocycles. The van der Waals surface area contributed by atoms with Crippen molar-refractivity contribution in [3.8, 4) is 0 Å². The van der Waals surface area contributed by atoms with Crippen molar-refractivity contribution >= 4 is 0 Å². The Kier molecular flexibility index (Phi) is 2.48. The smallest absolute Gasteiger partial charge is 0.136 e. The fraction of sp³-hybridized carbons (Fsp3) is 0.455. The molecule has 2 N–H and O–H groups in total. The summed E-state index contributed by atoms with van der Waals surface area (Å²) in [7, 11) is 1.47. The summed E-state index contributed by atoms with van der Waals surface area (Å²) in [6.45, 7) is 0.134. The summed E-state index contributed by atoms with van der Waals surface area (Å²) in [5.41, 5.74) is 5.38. The molecule has 82 valence electrons. The van der Waals surface area contributed by atoms with Gasteiger partial charge < -0.3 is 10.5 Å². The van der Waals surface area contributed by atoms with Crippen LogP contribution in [0, 0.1) is 11.6 Å². The molecule has 0 heterocycles. The topological polar surface area (TPSA) is 35.2 Å². The molecule has 0 aromatic heterocycles. The first-order valence-electron chi connectivity index (χ1n) is 4.83.